The number of ether oxygens (including phenoxy) is 1. The van der Waals surface area contributed by atoms with Crippen molar-refractivity contribution >= 4 is 11.9 Å². The molecule has 0 atom stereocenters. The number of rotatable bonds is 7. The first kappa shape index (κ1) is 16.0. The summed E-state index contributed by atoms with van der Waals surface area (Å²) >= 11 is 0. The van der Waals surface area contributed by atoms with E-state index in [1.54, 1.807) is 0 Å². The second-order valence-corrected chi connectivity index (χ2v) is 3.91. The van der Waals surface area contributed by atoms with Gasteiger partial charge in [0.1, 0.15) is 13.1 Å². The molecule has 20 heavy (non-hydrogen) atoms. The van der Waals surface area contributed by atoms with E-state index in [1.165, 1.54) is 12.3 Å². The molecule has 1 heterocycles. The molecule has 0 aromatic carbocycles. The molecule has 0 saturated carbocycles. The van der Waals surface area contributed by atoms with Crippen LogP contribution in [0, 0.1) is 0 Å². The first-order valence-corrected chi connectivity index (χ1v) is 5.81. The van der Waals surface area contributed by atoms with Crippen LogP contribution in [0.15, 0.2) is 12.3 Å². The molecule has 0 unspecified atom stereocenters. The highest BCUT2D eigenvalue weighted by Gasteiger charge is 2.33. The van der Waals surface area contributed by atoms with Gasteiger partial charge in [-0.15, -0.1) is 0 Å². The van der Waals surface area contributed by atoms with Crippen molar-refractivity contribution < 1.29 is 27.8 Å². The van der Waals surface area contributed by atoms with Crippen LogP contribution in [-0.4, -0.2) is 46.9 Å². The molecule has 0 amide bonds. The lowest BCUT2D eigenvalue weighted by Crippen LogP contribution is -2.39. The Labute approximate surface area is 113 Å². The molecule has 0 bridgehead atoms. The summed E-state index contributed by atoms with van der Waals surface area (Å²) in [6, 6.07) is 1.39. The van der Waals surface area contributed by atoms with Gasteiger partial charge >= 0.3 is 12.1 Å². The van der Waals surface area contributed by atoms with Gasteiger partial charge in [-0.25, -0.2) is 4.98 Å². The predicted octanol–water partition coefficient (Wildman–Crippen LogP) is 1.72. The number of alkyl halides is 3. The minimum absolute atomic E-state index is 0.106. The zero-order chi connectivity index (χ0) is 15.2. The lowest BCUT2D eigenvalue weighted by atomic mass is 10.4. The van der Waals surface area contributed by atoms with E-state index in [0.717, 1.165) is 0 Å². The van der Waals surface area contributed by atoms with E-state index < -0.39 is 25.2 Å². The summed E-state index contributed by atoms with van der Waals surface area (Å²) in [5.41, 5.74) is 0. The van der Waals surface area contributed by atoms with Crippen molar-refractivity contribution in [2.75, 3.05) is 24.6 Å². The Balaban J connectivity index is 2.91. The highest BCUT2D eigenvalue weighted by molar-refractivity contribution is 5.72. The van der Waals surface area contributed by atoms with Gasteiger partial charge < -0.3 is 14.7 Å². The van der Waals surface area contributed by atoms with Gasteiger partial charge in [-0.1, -0.05) is 6.92 Å². The summed E-state index contributed by atoms with van der Waals surface area (Å²) in [5.74, 6) is -1.63. The number of carboxylic acid groups (broad SMARTS) is 1. The van der Waals surface area contributed by atoms with Crippen molar-refractivity contribution in [1.82, 2.24) is 9.97 Å². The van der Waals surface area contributed by atoms with Crippen LogP contribution in [0.3, 0.4) is 0 Å². The van der Waals surface area contributed by atoms with Gasteiger partial charge in [0.2, 0.25) is 11.8 Å². The van der Waals surface area contributed by atoms with Gasteiger partial charge in [-0.2, -0.15) is 18.2 Å². The van der Waals surface area contributed by atoms with Crippen LogP contribution in [0.1, 0.15) is 13.3 Å². The molecule has 6 nitrogen and oxygen atoms in total. The van der Waals surface area contributed by atoms with Crippen molar-refractivity contribution in [3.63, 3.8) is 0 Å². The maximum Gasteiger partial charge on any atom is 0.406 e. The number of carboxylic acids is 1. The molecule has 0 fully saturated rings. The topological polar surface area (TPSA) is 75.5 Å². The van der Waals surface area contributed by atoms with Crippen molar-refractivity contribution in [2.24, 2.45) is 0 Å². The van der Waals surface area contributed by atoms with Crippen LogP contribution in [0.2, 0.25) is 0 Å². The average molecular weight is 293 g/mol. The number of anilines is 1. The normalized spacial score (nSPS) is 11.2. The lowest BCUT2D eigenvalue weighted by molar-refractivity contribution is -0.136. The number of halogens is 3. The van der Waals surface area contributed by atoms with Gasteiger partial charge in [0.15, 0.2) is 0 Å². The molecule has 9 heteroatoms. The number of nitrogens with zero attached hydrogens (tertiary/aromatic N) is 3. The third-order valence-electron chi connectivity index (χ3n) is 2.05. The smallest absolute Gasteiger partial charge is 0.406 e. The van der Waals surface area contributed by atoms with Crippen LogP contribution in [-0.2, 0) is 4.79 Å². The van der Waals surface area contributed by atoms with Crippen molar-refractivity contribution in [3.05, 3.63) is 12.3 Å². The standard InChI is InChI=1S/C11H14F3N3O3/c1-2-5-20-8-3-4-15-10(16-8)17(6-9(18)19)7-11(12,13)14/h3-4H,2,5-7H2,1H3,(H,18,19). The Morgan fingerprint density at radius 1 is 1.50 bits per heavy atom. The second-order valence-electron chi connectivity index (χ2n) is 3.91. The van der Waals surface area contributed by atoms with E-state index in [2.05, 4.69) is 9.97 Å². The second kappa shape index (κ2) is 6.92. The summed E-state index contributed by atoms with van der Waals surface area (Å²) < 4.78 is 42.4. The van der Waals surface area contributed by atoms with Crippen LogP contribution >= 0.6 is 0 Å². The maximum absolute atomic E-state index is 12.4. The third-order valence-corrected chi connectivity index (χ3v) is 2.05. The minimum Gasteiger partial charge on any atom is -0.480 e. The SMILES string of the molecule is CCCOc1ccnc(N(CC(=O)O)CC(F)(F)F)n1. The van der Waals surface area contributed by atoms with E-state index >= 15 is 0 Å². The number of hydrogen-bond donors (Lipinski definition) is 1. The minimum atomic E-state index is -4.56. The number of hydrogen-bond acceptors (Lipinski definition) is 5. The highest BCUT2D eigenvalue weighted by Crippen LogP contribution is 2.20. The molecule has 1 aromatic rings. The first-order valence-electron chi connectivity index (χ1n) is 5.81. The first-order chi connectivity index (χ1) is 9.31. The van der Waals surface area contributed by atoms with Gasteiger partial charge in [0, 0.05) is 12.3 Å². The zero-order valence-corrected chi connectivity index (χ0v) is 10.7. The molecule has 1 N–H and O–H groups in total. The van der Waals surface area contributed by atoms with E-state index in [1.807, 2.05) is 6.92 Å². The summed E-state index contributed by atoms with van der Waals surface area (Å²) in [4.78, 5) is 18.6. The van der Waals surface area contributed by atoms with Crippen LogP contribution < -0.4 is 9.64 Å². The zero-order valence-electron chi connectivity index (χ0n) is 10.7. The number of aromatic nitrogens is 2. The third kappa shape index (κ3) is 5.72. The van der Waals surface area contributed by atoms with Crippen LogP contribution in [0.4, 0.5) is 19.1 Å². The molecule has 1 rings (SSSR count). The van der Waals surface area contributed by atoms with Gasteiger partial charge in [-0.3, -0.25) is 4.79 Å². The Morgan fingerprint density at radius 3 is 2.75 bits per heavy atom. The highest BCUT2D eigenvalue weighted by atomic mass is 19.4. The molecule has 112 valence electrons. The van der Waals surface area contributed by atoms with E-state index in [4.69, 9.17) is 9.84 Å². The molecule has 0 spiro atoms. The number of aliphatic carboxylic acids is 1. The largest absolute Gasteiger partial charge is 0.480 e. The molecule has 0 aliphatic carbocycles. The molecule has 0 radical (unpaired) electrons. The van der Waals surface area contributed by atoms with Gasteiger partial charge in [-0.05, 0) is 6.42 Å². The monoisotopic (exact) mass is 293 g/mol. The van der Waals surface area contributed by atoms with E-state index in [0.29, 0.717) is 17.9 Å². The Kier molecular flexibility index (Phi) is 5.53. The van der Waals surface area contributed by atoms with Crippen molar-refractivity contribution in [1.29, 1.82) is 0 Å². The fourth-order valence-corrected chi connectivity index (χ4v) is 1.35. The summed E-state index contributed by atoms with van der Waals surface area (Å²) in [6.45, 7) is -0.0790. The van der Waals surface area contributed by atoms with Gasteiger partial charge in [0.05, 0.1) is 6.61 Å². The summed E-state index contributed by atoms with van der Waals surface area (Å²) in [7, 11) is 0. The Bertz CT molecular complexity index is 454. The molecular formula is C11H14F3N3O3. The lowest BCUT2D eigenvalue weighted by Gasteiger charge is -2.22. The molecule has 1 aromatic heterocycles. The molecule has 0 aliphatic heterocycles. The van der Waals surface area contributed by atoms with E-state index in [9.17, 15) is 18.0 Å². The van der Waals surface area contributed by atoms with Crippen LogP contribution in [0.25, 0.3) is 0 Å². The predicted molar refractivity (Wildman–Crippen MR) is 63.7 cm³/mol. The maximum atomic E-state index is 12.4. The Morgan fingerprint density at radius 2 is 2.20 bits per heavy atom. The van der Waals surface area contributed by atoms with Crippen molar-refractivity contribution in [2.45, 2.75) is 19.5 Å². The Hall–Kier alpha value is -2.06. The fraction of sp³-hybridized carbons (Fsp3) is 0.545. The molecule has 0 aliphatic rings. The number of carbonyl (C=O) groups is 1. The average Bonchev–Trinajstić information content (AvgIpc) is 2.33. The fourth-order valence-electron chi connectivity index (χ4n) is 1.35. The summed E-state index contributed by atoms with van der Waals surface area (Å²) in [6.07, 6.45) is -2.63. The summed E-state index contributed by atoms with van der Waals surface area (Å²) in [5, 5.41) is 8.66. The van der Waals surface area contributed by atoms with E-state index in [-0.39, 0.29) is 11.8 Å². The molecular weight excluding hydrogens is 279 g/mol. The van der Waals surface area contributed by atoms with Crippen molar-refractivity contribution in [3.8, 4) is 5.88 Å². The van der Waals surface area contributed by atoms with Crippen LogP contribution in [0.5, 0.6) is 5.88 Å². The quantitative estimate of drug-likeness (QED) is 0.825. The van der Waals surface area contributed by atoms with Gasteiger partial charge in [0.25, 0.3) is 0 Å². The molecule has 0 saturated heterocycles.